The number of phosphoric acid groups is 1. The van der Waals surface area contributed by atoms with Gasteiger partial charge < -0.3 is 4.52 Å². The molecule has 0 aliphatic carbocycles. The number of unbranched alkanes of at least 4 members (excludes halogenated alkanes) is 1. The molecule has 6 heteroatoms. The largest absolute Gasteiger partial charge is 0.529 e. The zero-order chi connectivity index (χ0) is 13.3. The zero-order valence-electron chi connectivity index (χ0n) is 10.4. The molecule has 0 rings (SSSR count). The molecule has 0 aromatic carbocycles. The molecule has 0 fully saturated rings. The monoisotopic (exact) mass is 264 g/mol. The van der Waals surface area contributed by atoms with Gasteiger partial charge in [0.15, 0.2) is 0 Å². The van der Waals surface area contributed by atoms with Crippen LogP contribution in [0.25, 0.3) is 0 Å². The Kier molecular flexibility index (Phi) is 8.13. The summed E-state index contributed by atoms with van der Waals surface area (Å²) in [5.74, 6) is -0.754. The Morgan fingerprint density at radius 1 is 1.53 bits per heavy atom. The molecule has 0 spiro atoms. The maximum atomic E-state index is 11.3. The Labute approximate surface area is 102 Å². The van der Waals surface area contributed by atoms with Crippen LogP contribution in [0.15, 0.2) is 12.7 Å². The molecule has 0 saturated carbocycles. The first kappa shape index (κ1) is 16.4. The van der Waals surface area contributed by atoms with Crippen LogP contribution in [-0.4, -0.2) is 17.5 Å². The van der Waals surface area contributed by atoms with Crippen LogP contribution in [0.3, 0.4) is 0 Å². The Bertz CT molecular complexity index is 290. The summed E-state index contributed by atoms with van der Waals surface area (Å²) in [6, 6.07) is 0. The van der Waals surface area contributed by atoms with E-state index < -0.39 is 13.8 Å². The minimum Gasteiger partial charge on any atom is -0.367 e. The number of rotatable bonds is 9. The standard InChI is InChI=1S/C11H21O5P/c1-4-7-8-10(5-2)9-15-17(13,14)16-11(12)6-3/h6,10H,3-5,7-9H2,1-2H3,(H,13,14). The van der Waals surface area contributed by atoms with E-state index >= 15 is 0 Å². The molecule has 0 aromatic rings. The van der Waals surface area contributed by atoms with Crippen molar-refractivity contribution in [2.45, 2.75) is 39.5 Å². The lowest BCUT2D eigenvalue weighted by atomic mass is 10.0. The summed E-state index contributed by atoms with van der Waals surface area (Å²) < 4.78 is 20.3. The van der Waals surface area contributed by atoms with E-state index in [0.717, 1.165) is 31.8 Å². The minimum absolute atomic E-state index is 0.120. The van der Waals surface area contributed by atoms with Gasteiger partial charge in [0, 0.05) is 6.08 Å². The quantitative estimate of drug-likeness (QED) is 0.512. The molecule has 0 aliphatic heterocycles. The molecule has 0 amide bonds. The smallest absolute Gasteiger partial charge is 0.367 e. The van der Waals surface area contributed by atoms with Crippen LogP contribution >= 0.6 is 7.82 Å². The zero-order valence-corrected chi connectivity index (χ0v) is 11.3. The van der Waals surface area contributed by atoms with E-state index in [2.05, 4.69) is 18.0 Å². The van der Waals surface area contributed by atoms with E-state index in [1.54, 1.807) is 0 Å². The van der Waals surface area contributed by atoms with Crippen LogP contribution in [0.1, 0.15) is 39.5 Å². The predicted molar refractivity (Wildman–Crippen MR) is 65.4 cm³/mol. The first-order valence-corrected chi connectivity index (χ1v) is 7.28. The summed E-state index contributed by atoms with van der Waals surface area (Å²) in [6.45, 7) is 7.32. The third kappa shape index (κ3) is 8.13. The van der Waals surface area contributed by atoms with Crippen LogP contribution < -0.4 is 0 Å². The molecule has 17 heavy (non-hydrogen) atoms. The topological polar surface area (TPSA) is 72.8 Å². The molecule has 0 aliphatic rings. The van der Waals surface area contributed by atoms with Gasteiger partial charge in [-0.2, -0.15) is 0 Å². The molecule has 0 saturated heterocycles. The second-order valence-electron chi connectivity index (χ2n) is 3.80. The fraction of sp³-hybridized carbons (Fsp3) is 0.727. The van der Waals surface area contributed by atoms with Crippen molar-refractivity contribution in [1.82, 2.24) is 0 Å². The predicted octanol–water partition coefficient (Wildman–Crippen LogP) is 3.05. The second-order valence-corrected chi connectivity index (χ2v) is 5.17. The molecular formula is C11H21O5P. The first-order valence-electron chi connectivity index (χ1n) is 5.78. The van der Waals surface area contributed by atoms with E-state index in [-0.39, 0.29) is 12.5 Å². The van der Waals surface area contributed by atoms with Crippen molar-refractivity contribution >= 4 is 13.8 Å². The van der Waals surface area contributed by atoms with Crippen molar-refractivity contribution in [3.8, 4) is 0 Å². The Morgan fingerprint density at radius 3 is 2.65 bits per heavy atom. The van der Waals surface area contributed by atoms with E-state index in [9.17, 15) is 14.3 Å². The highest BCUT2D eigenvalue weighted by Gasteiger charge is 2.26. The van der Waals surface area contributed by atoms with E-state index in [4.69, 9.17) is 4.52 Å². The van der Waals surface area contributed by atoms with E-state index in [1.807, 2.05) is 6.92 Å². The van der Waals surface area contributed by atoms with Crippen LogP contribution in [0, 0.1) is 5.92 Å². The van der Waals surface area contributed by atoms with Gasteiger partial charge >= 0.3 is 13.8 Å². The summed E-state index contributed by atoms with van der Waals surface area (Å²) >= 11 is 0. The van der Waals surface area contributed by atoms with E-state index in [0.29, 0.717) is 0 Å². The number of hydrogen-bond acceptors (Lipinski definition) is 4. The highest BCUT2D eigenvalue weighted by molar-refractivity contribution is 7.48. The van der Waals surface area contributed by atoms with Crippen LogP contribution in [0.5, 0.6) is 0 Å². The molecule has 2 atom stereocenters. The highest BCUT2D eigenvalue weighted by Crippen LogP contribution is 2.44. The van der Waals surface area contributed by atoms with Gasteiger partial charge in [-0.3, -0.25) is 9.42 Å². The lowest BCUT2D eigenvalue weighted by Gasteiger charge is -2.16. The minimum atomic E-state index is -4.29. The van der Waals surface area contributed by atoms with Crippen molar-refractivity contribution in [1.29, 1.82) is 0 Å². The number of phosphoric ester groups is 1. The average molecular weight is 264 g/mol. The molecule has 2 unspecified atom stereocenters. The lowest BCUT2D eigenvalue weighted by molar-refractivity contribution is -0.130. The van der Waals surface area contributed by atoms with Gasteiger partial charge in [0.2, 0.25) is 0 Å². The summed E-state index contributed by atoms with van der Waals surface area (Å²) in [5.41, 5.74) is 0. The molecule has 0 bridgehead atoms. The van der Waals surface area contributed by atoms with Gasteiger partial charge in [0.25, 0.3) is 0 Å². The molecule has 0 radical (unpaired) electrons. The maximum Gasteiger partial charge on any atom is 0.529 e. The van der Waals surface area contributed by atoms with E-state index in [1.165, 1.54) is 0 Å². The fourth-order valence-electron chi connectivity index (χ4n) is 1.28. The van der Waals surface area contributed by atoms with Crippen molar-refractivity contribution in [3.63, 3.8) is 0 Å². The van der Waals surface area contributed by atoms with Gasteiger partial charge in [-0.1, -0.05) is 39.7 Å². The van der Waals surface area contributed by atoms with Gasteiger partial charge in [-0.05, 0) is 12.3 Å². The van der Waals surface area contributed by atoms with Gasteiger partial charge in [0.1, 0.15) is 0 Å². The van der Waals surface area contributed by atoms with Crippen molar-refractivity contribution < 1.29 is 23.3 Å². The maximum absolute atomic E-state index is 11.3. The van der Waals surface area contributed by atoms with Crippen molar-refractivity contribution in [3.05, 3.63) is 12.7 Å². The highest BCUT2D eigenvalue weighted by atomic mass is 31.2. The Balaban J connectivity index is 4.09. The van der Waals surface area contributed by atoms with Gasteiger partial charge in [0.05, 0.1) is 6.61 Å². The third-order valence-corrected chi connectivity index (χ3v) is 3.27. The van der Waals surface area contributed by atoms with Gasteiger partial charge in [-0.15, -0.1) is 0 Å². The van der Waals surface area contributed by atoms with Crippen LogP contribution in [0.4, 0.5) is 0 Å². The summed E-state index contributed by atoms with van der Waals surface area (Å²) in [7, 11) is -4.29. The molecule has 5 nitrogen and oxygen atoms in total. The molecule has 1 N–H and O–H groups in total. The van der Waals surface area contributed by atoms with Crippen molar-refractivity contribution in [2.75, 3.05) is 6.61 Å². The number of carbonyl (C=O) groups excluding carboxylic acids is 1. The number of carbonyl (C=O) groups is 1. The molecule has 0 heterocycles. The van der Waals surface area contributed by atoms with Crippen LogP contribution in [-0.2, 0) is 18.4 Å². The van der Waals surface area contributed by atoms with Crippen molar-refractivity contribution in [2.24, 2.45) is 5.92 Å². The average Bonchev–Trinajstić information content (AvgIpc) is 2.28. The molecule has 100 valence electrons. The normalized spacial score (nSPS) is 15.9. The SMILES string of the molecule is C=CC(=O)OP(=O)(O)OCC(CC)CCCC. The molecule has 0 aromatic heterocycles. The summed E-state index contributed by atoms with van der Waals surface area (Å²) in [6.07, 6.45) is 4.72. The summed E-state index contributed by atoms with van der Waals surface area (Å²) in [5, 5.41) is 0. The summed E-state index contributed by atoms with van der Waals surface area (Å²) in [4.78, 5) is 20.0. The second kappa shape index (κ2) is 8.45. The lowest BCUT2D eigenvalue weighted by Crippen LogP contribution is -2.10. The Hall–Kier alpha value is -0.640. The third-order valence-electron chi connectivity index (χ3n) is 2.39. The molecular weight excluding hydrogens is 243 g/mol. The fourth-order valence-corrected chi connectivity index (χ4v) is 2.03. The Morgan fingerprint density at radius 2 is 2.18 bits per heavy atom. The van der Waals surface area contributed by atoms with Gasteiger partial charge in [-0.25, -0.2) is 9.36 Å². The first-order chi connectivity index (χ1) is 7.95. The van der Waals surface area contributed by atoms with Crippen LogP contribution in [0.2, 0.25) is 0 Å². The number of hydrogen-bond donors (Lipinski definition) is 1.